The summed E-state index contributed by atoms with van der Waals surface area (Å²) in [5.74, 6) is -0.964. The third-order valence-electron chi connectivity index (χ3n) is 2.95. The van der Waals surface area contributed by atoms with Crippen molar-refractivity contribution in [3.05, 3.63) is 59.5 Å². The third-order valence-corrected chi connectivity index (χ3v) is 2.95. The van der Waals surface area contributed by atoms with E-state index in [-0.39, 0.29) is 12.4 Å². The molecule has 2 rings (SSSR count). The van der Waals surface area contributed by atoms with Crippen molar-refractivity contribution >= 4 is 11.9 Å². The van der Waals surface area contributed by atoms with Crippen molar-refractivity contribution in [2.45, 2.75) is 19.6 Å². The normalized spacial score (nSPS) is 11.3. The summed E-state index contributed by atoms with van der Waals surface area (Å²) in [4.78, 5) is 23.6. The molecule has 0 aliphatic heterocycles. The highest BCUT2D eigenvalue weighted by Crippen LogP contribution is 2.09. The number of amides is 1. The Balaban J connectivity index is 1.89. The van der Waals surface area contributed by atoms with Crippen LogP contribution in [-0.4, -0.2) is 17.9 Å². The Morgan fingerprint density at radius 1 is 1.32 bits per heavy atom. The molecule has 1 atom stereocenters. The third kappa shape index (κ3) is 3.73. The number of furan rings is 1. The molecule has 1 N–H and O–H groups in total. The van der Waals surface area contributed by atoms with Crippen molar-refractivity contribution < 1.29 is 18.7 Å². The van der Waals surface area contributed by atoms with Crippen LogP contribution in [0, 0.1) is 11.3 Å². The number of nitrogens with zero attached hydrogens (tertiary/aromatic N) is 1. The first-order chi connectivity index (χ1) is 10.6. The molecular formula is C16H14N2O4. The molecule has 0 saturated heterocycles. The minimum absolute atomic E-state index is 0.0243. The monoisotopic (exact) mass is 298 g/mol. The van der Waals surface area contributed by atoms with E-state index < -0.39 is 17.9 Å². The molecule has 6 heteroatoms. The quantitative estimate of drug-likeness (QED) is 0.852. The summed E-state index contributed by atoms with van der Waals surface area (Å²) in [5.41, 5.74) is 1.06. The highest BCUT2D eigenvalue weighted by Gasteiger charge is 2.19. The van der Waals surface area contributed by atoms with Crippen molar-refractivity contribution in [2.75, 3.05) is 0 Å². The van der Waals surface area contributed by atoms with E-state index in [0.717, 1.165) is 0 Å². The Labute approximate surface area is 127 Å². The maximum Gasteiger partial charge on any atom is 0.328 e. The number of hydrogen-bond acceptors (Lipinski definition) is 5. The van der Waals surface area contributed by atoms with Crippen LogP contribution in [0.1, 0.15) is 28.6 Å². The molecule has 112 valence electrons. The average molecular weight is 298 g/mol. The molecule has 1 aromatic heterocycles. The second-order valence-corrected chi connectivity index (χ2v) is 4.55. The van der Waals surface area contributed by atoms with Crippen LogP contribution in [0.25, 0.3) is 0 Å². The van der Waals surface area contributed by atoms with Gasteiger partial charge >= 0.3 is 5.97 Å². The number of nitriles is 1. The zero-order chi connectivity index (χ0) is 15.9. The van der Waals surface area contributed by atoms with Gasteiger partial charge in [-0.1, -0.05) is 18.2 Å². The fraction of sp³-hybridized carbons (Fsp3) is 0.188. The summed E-state index contributed by atoms with van der Waals surface area (Å²) in [6, 6.07) is 11.1. The first-order valence-corrected chi connectivity index (χ1v) is 6.61. The van der Waals surface area contributed by atoms with Gasteiger partial charge in [0.1, 0.15) is 12.6 Å². The smallest absolute Gasteiger partial charge is 0.328 e. The molecule has 0 saturated carbocycles. The highest BCUT2D eigenvalue weighted by molar-refractivity contribution is 5.94. The van der Waals surface area contributed by atoms with Crippen molar-refractivity contribution in [3.8, 4) is 6.07 Å². The van der Waals surface area contributed by atoms with Gasteiger partial charge in [0.05, 0.1) is 17.9 Å². The maximum absolute atomic E-state index is 11.9. The molecule has 0 aliphatic rings. The molecule has 1 heterocycles. The lowest BCUT2D eigenvalue weighted by atomic mass is 10.1. The largest absolute Gasteiger partial charge is 0.459 e. The van der Waals surface area contributed by atoms with Gasteiger partial charge < -0.3 is 14.5 Å². The fourth-order valence-corrected chi connectivity index (χ4v) is 1.76. The standard InChI is InChI=1S/C16H14N2O4/c1-11(18-15(19)14-7-4-8-21-14)16(20)22-10-13-6-3-2-5-12(13)9-17/h2-8,11H,10H2,1H3,(H,18,19)/t11-/m0/s1. The minimum atomic E-state index is -0.827. The fourth-order valence-electron chi connectivity index (χ4n) is 1.76. The molecule has 22 heavy (non-hydrogen) atoms. The van der Waals surface area contributed by atoms with Crippen molar-refractivity contribution in [1.82, 2.24) is 5.32 Å². The van der Waals surface area contributed by atoms with E-state index in [1.54, 1.807) is 30.3 Å². The number of carbonyl (C=O) groups excluding carboxylic acids is 2. The number of hydrogen-bond donors (Lipinski definition) is 1. The molecule has 1 amide bonds. The van der Waals surface area contributed by atoms with E-state index in [1.165, 1.54) is 19.3 Å². The maximum atomic E-state index is 11.9. The molecule has 0 aliphatic carbocycles. The van der Waals surface area contributed by atoms with Crippen LogP contribution in [-0.2, 0) is 16.1 Å². The van der Waals surface area contributed by atoms with Gasteiger partial charge in [0.25, 0.3) is 5.91 Å². The van der Waals surface area contributed by atoms with E-state index in [0.29, 0.717) is 11.1 Å². The van der Waals surface area contributed by atoms with Crippen LogP contribution in [0.4, 0.5) is 0 Å². The van der Waals surface area contributed by atoms with Gasteiger partial charge in [-0.3, -0.25) is 4.79 Å². The zero-order valence-corrected chi connectivity index (χ0v) is 11.9. The van der Waals surface area contributed by atoms with Crippen LogP contribution in [0.2, 0.25) is 0 Å². The molecule has 0 unspecified atom stereocenters. The van der Waals surface area contributed by atoms with E-state index in [9.17, 15) is 9.59 Å². The van der Waals surface area contributed by atoms with Gasteiger partial charge in [0.2, 0.25) is 0 Å². The average Bonchev–Trinajstić information content (AvgIpc) is 3.07. The van der Waals surface area contributed by atoms with Crippen LogP contribution < -0.4 is 5.32 Å². The second-order valence-electron chi connectivity index (χ2n) is 4.55. The summed E-state index contributed by atoms with van der Waals surface area (Å²) in [6.45, 7) is 1.49. The zero-order valence-electron chi connectivity index (χ0n) is 11.9. The van der Waals surface area contributed by atoms with Crippen LogP contribution in [0.5, 0.6) is 0 Å². The number of nitrogens with one attached hydrogen (secondary N) is 1. The summed E-state index contributed by atoms with van der Waals surface area (Å²) < 4.78 is 10.1. The van der Waals surface area contributed by atoms with Crippen molar-refractivity contribution in [1.29, 1.82) is 5.26 Å². The SMILES string of the molecule is C[C@H](NC(=O)c1ccco1)C(=O)OCc1ccccc1C#N. The van der Waals surface area contributed by atoms with Gasteiger partial charge in [-0.05, 0) is 25.1 Å². The van der Waals surface area contributed by atoms with Crippen LogP contribution in [0.15, 0.2) is 47.1 Å². The summed E-state index contributed by atoms with van der Waals surface area (Å²) in [5, 5.41) is 11.4. The molecule has 2 aromatic rings. The van der Waals surface area contributed by atoms with Crippen LogP contribution in [0.3, 0.4) is 0 Å². The van der Waals surface area contributed by atoms with E-state index >= 15 is 0 Å². The number of ether oxygens (including phenoxy) is 1. The number of carbonyl (C=O) groups is 2. The van der Waals surface area contributed by atoms with Crippen molar-refractivity contribution in [3.63, 3.8) is 0 Å². The minimum Gasteiger partial charge on any atom is -0.459 e. The molecule has 0 fully saturated rings. The Morgan fingerprint density at radius 3 is 2.77 bits per heavy atom. The lowest BCUT2D eigenvalue weighted by Gasteiger charge is -2.13. The second kappa shape index (κ2) is 7.09. The predicted molar refractivity (Wildman–Crippen MR) is 76.6 cm³/mol. The number of rotatable bonds is 5. The highest BCUT2D eigenvalue weighted by atomic mass is 16.5. The molecular weight excluding hydrogens is 284 g/mol. The lowest BCUT2D eigenvalue weighted by molar-refractivity contribution is -0.146. The predicted octanol–water partition coefficient (Wildman–Crippen LogP) is 2.01. The van der Waals surface area contributed by atoms with Crippen LogP contribution >= 0.6 is 0 Å². The Hall–Kier alpha value is -3.07. The number of esters is 1. The summed E-state index contributed by atoms with van der Waals surface area (Å²) in [7, 11) is 0. The summed E-state index contributed by atoms with van der Waals surface area (Å²) in [6.07, 6.45) is 1.37. The van der Waals surface area contributed by atoms with Gasteiger partial charge in [-0.15, -0.1) is 0 Å². The molecule has 0 spiro atoms. The van der Waals surface area contributed by atoms with E-state index in [4.69, 9.17) is 14.4 Å². The van der Waals surface area contributed by atoms with Gasteiger partial charge in [0, 0.05) is 5.56 Å². The topological polar surface area (TPSA) is 92.3 Å². The summed E-state index contributed by atoms with van der Waals surface area (Å²) >= 11 is 0. The van der Waals surface area contributed by atoms with Gasteiger partial charge in [-0.2, -0.15) is 5.26 Å². The molecule has 6 nitrogen and oxygen atoms in total. The van der Waals surface area contributed by atoms with E-state index in [1.807, 2.05) is 6.07 Å². The first kappa shape index (κ1) is 15.3. The van der Waals surface area contributed by atoms with Gasteiger partial charge in [0.15, 0.2) is 5.76 Å². The lowest BCUT2D eigenvalue weighted by Crippen LogP contribution is -2.39. The Bertz CT molecular complexity index is 701. The van der Waals surface area contributed by atoms with Crippen molar-refractivity contribution in [2.24, 2.45) is 0 Å². The van der Waals surface area contributed by atoms with Gasteiger partial charge in [-0.25, -0.2) is 4.79 Å². The molecule has 0 bridgehead atoms. The van der Waals surface area contributed by atoms with E-state index in [2.05, 4.69) is 5.32 Å². The molecule has 1 aromatic carbocycles. The number of benzene rings is 1. The Kier molecular flexibility index (Phi) is 4.94. The molecule has 0 radical (unpaired) electrons. The Morgan fingerprint density at radius 2 is 2.09 bits per heavy atom. The first-order valence-electron chi connectivity index (χ1n) is 6.61.